The summed E-state index contributed by atoms with van der Waals surface area (Å²) >= 11 is 0. The van der Waals surface area contributed by atoms with Gasteiger partial charge < -0.3 is 15.2 Å². The number of ether oxygens (including phenoxy) is 1. The van der Waals surface area contributed by atoms with Crippen molar-refractivity contribution in [1.29, 1.82) is 5.26 Å². The summed E-state index contributed by atoms with van der Waals surface area (Å²) in [5.74, 6) is -0.0682. The first kappa shape index (κ1) is 20.9. The molecule has 2 N–H and O–H groups in total. The van der Waals surface area contributed by atoms with Gasteiger partial charge in [-0.05, 0) is 55.3 Å². The van der Waals surface area contributed by atoms with Crippen LogP contribution in [0.5, 0.6) is 5.88 Å². The Morgan fingerprint density at radius 3 is 2.88 bits per heavy atom. The average Bonchev–Trinajstić information content (AvgIpc) is 3.27. The molecule has 9 heteroatoms. The molecule has 1 aromatic carbocycles. The molecule has 2 aliphatic rings. The van der Waals surface area contributed by atoms with Crippen molar-refractivity contribution in [2.45, 2.75) is 32.2 Å². The number of halogens is 1. The quantitative estimate of drug-likeness (QED) is 0.597. The van der Waals surface area contributed by atoms with Crippen LogP contribution in [-0.4, -0.2) is 40.4 Å². The number of rotatable bonds is 3. The molecular formula is C24H22FN5O3. The van der Waals surface area contributed by atoms with Gasteiger partial charge in [0.2, 0.25) is 5.88 Å². The zero-order valence-corrected chi connectivity index (χ0v) is 18.0. The van der Waals surface area contributed by atoms with Crippen LogP contribution in [0.2, 0.25) is 0 Å². The molecule has 0 radical (unpaired) electrons. The van der Waals surface area contributed by atoms with Crippen molar-refractivity contribution in [2.75, 3.05) is 23.4 Å². The van der Waals surface area contributed by atoms with Crippen molar-refractivity contribution in [2.24, 2.45) is 5.92 Å². The van der Waals surface area contributed by atoms with Gasteiger partial charge in [0, 0.05) is 35.5 Å². The van der Waals surface area contributed by atoms with Crippen LogP contribution in [0.25, 0.3) is 21.9 Å². The summed E-state index contributed by atoms with van der Waals surface area (Å²) in [7, 11) is 0. The SMILES string of the molecule is Cc1c(-c2cc3cc(N(C(=O)O)[C@@H]4CCC[C@H]4C#N)ncc3cc2F)cnc2c1NCCO2. The molecule has 0 spiro atoms. The van der Waals surface area contributed by atoms with Gasteiger partial charge in [0.15, 0.2) is 0 Å². The number of carbonyl (C=O) groups is 1. The third-order valence-corrected chi connectivity index (χ3v) is 6.46. The molecule has 0 unspecified atom stereocenters. The monoisotopic (exact) mass is 447 g/mol. The lowest BCUT2D eigenvalue weighted by molar-refractivity contribution is 0.197. The minimum atomic E-state index is -1.16. The Morgan fingerprint density at radius 1 is 1.24 bits per heavy atom. The highest BCUT2D eigenvalue weighted by atomic mass is 19.1. The maximum atomic E-state index is 15.1. The number of hydrogen-bond acceptors (Lipinski definition) is 6. The normalized spacial score (nSPS) is 19.3. The summed E-state index contributed by atoms with van der Waals surface area (Å²) in [6.45, 7) is 3.05. The minimum Gasteiger partial charge on any atom is -0.474 e. The lowest BCUT2D eigenvalue weighted by atomic mass is 9.98. The van der Waals surface area contributed by atoms with E-state index in [-0.39, 0.29) is 11.7 Å². The maximum Gasteiger partial charge on any atom is 0.413 e. The molecule has 1 amide bonds. The van der Waals surface area contributed by atoms with E-state index in [9.17, 15) is 15.2 Å². The number of nitrogens with zero attached hydrogens (tertiary/aromatic N) is 4. The Morgan fingerprint density at radius 2 is 2.09 bits per heavy atom. The highest BCUT2D eigenvalue weighted by Crippen LogP contribution is 2.38. The molecule has 3 heterocycles. The lowest BCUT2D eigenvalue weighted by Crippen LogP contribution is -2.42. The van der Waals surface area contributed by atoms with Crippen LogP contribution < -0.4 is 15.0 Å². The van der Waals surface area contributed by atoms with Crippen molar-refractivity contribution >= 4 is 28.4 Å². The van der Waals surface area contributed by atoms with Gasteiger partial charge >= 0.3 is 6.09 Å². The Labute approximate surface area is 189 Å². The van der Waals surface area contributed by atoms with Crippen molar-refractivity contribution in [3.8, 4) is 23.1 Å². The van der Waals surface area contributed by atoms with Gasteiger partial charge in [-0.15, -0.1) is 0 Å². The Hall–Kier alpha value is -3.93. The largest absolute Gasteiger partial charge is 0.474 e. The highest BCUT2D eigenvalue weighted by Gasteiger charge is 2.36. The maximum absolute atomic E-state index is 15.1. The first-order chi connectivity index (χ1) is 16.0. The smallest absolute Gasteiger partial charge is 0.413 e. The molecule has 33 heavy (non-hydrogen) atoms. The Kier molecular flexibility index (Phi) is 5.21. The van der Waals surface area contributed by atoms with Gasteiger partial charge in [-0.3, -0.25) is 4.90 Å². The molecule has 2 aromatic heterocycles. The van der Waals surface area contributed by atoms with Crippen molar-refractivity contribution in [3.63, 3.8) is 0 Å². The number of benzene rings is 1. The molecule has 5 rings (SSSR count). The molecule has 1 saturated carbocycles. The van der Waals surface area contributed by atoms with E-state index in [4.69, 9.17) is 4.74 Å². The lowest BCUT2D eigenvalue weighted by Gasteiger charge is -2.27. The first-order valence-electron chi connectivity index (χ1n) is 10.9. The molecule has 3 aromatic rings. The van der Waals surface area contributed by atoms with E-state index in [1.54, 1.807) is 18.3 Å². The Balaban J connectivity index is 1.60. The van der Waals surface area contributed by atoms with E-state index in [2.05, 4.69) is 21.4 Å². The summed E-state index contributed by atoms with van der Waals surface area (Å²) in [5, 5.41) is 23.8. The fourth-order valence-corrected chi connectivity index (χ4v) is 4.79. The van der Waals surface area contributed by atoms with E-state index in [0.717, 1.165) is 17.7 Å². The number of anilines is 2. The summed E-state index contributed by atoms with van der Waals surface area (Å²) in [6, 6.07) is 6.49. The fraction of sp³-hybridized carbons (Fsp3) is 0.333. The predicted molar refractivity (Wildman–Crippen MR) is 121 cm³/mol. The van der Waals surface area contributed by atoms with Crippen molar-refractivity contribution in [3.05, 3.63) is 42.0 Å². The molecule has 1 aliphatic carbocycles. The second-order valence-electron chi connectivity index (χ2n) is 8.36. The average molecular weight is 447 g/mol. The number of aromatic nitrogens is 2. The molecule has 2 atom stereocenters. The highest BCUT2D eigenvalue weighted by molar-refractivity contribution is 5.93. The van der Waals surface area contributed by atoms with E-state index in [1.807, 2.05) is 6.92 Å². The second kappa shape index (κ2) is 8.20. The number of nitrogens with one attached hydrogen (secondary N) is 1. The molecule has 8 nitrogen and oxygen atoms in total. The van der Waals surface area contributed by atoms with Gasteiger partial charge in [0.05, 0.1) is 18.0 Å². The van der Waals surface area contributed by atoms with Crippen LogP contribution in [0, 0.1) is 30.0 Å². The summed E-state index contributed by atoms with van der Waals surface area (Å²) in [5.41, 5.74) is 2.55. The molecule has 0 bridgehead atoms. The van der Waals surface area contributed by atoms with Gasteiger partial charge in [0.1, 0.15) is 23.9 Å². The summed E-state index contributed by atoms with van der Waals surface area (Å²) < 4.78 is 20.7. The van der Waals surface area contributed by atoms with E-state index in [0.29, 0.717) is 53.8 Å². The van der Waals surface area contributed by atoms with E-state index in [1.165, 1.54) is 17.2 Å². The number of carboxylic acid groups (broad SMARTS) is 1. The molecule has 1 fully saturated rings. The molecule has 168 valence electrons. The van der Waals surface area contributed by atoms with Crippen LogP contribution in [-0.2, 0) is 0 Å². The van der Waals surface area contributed by atoms with Crippen LogP contribution in [0.15, 0.2) is 30.6 Å². The van der Waals surface area contributed by atoms with E-state index < -0.39 is 18.0 Å². The minimum absolute atomic E-state index is 0.232. The number of fused-ring (bicyclic) bond motifs is 2. The zero-order valence-electron chi connectivity index (χ0n) is 18.0. The Bertz CT molecular complexity index is 1310. The van der Waals surface area contributed by atoms with Gasteiger partial charge in [-0.1, -0.05) is 0 Å². The summed E-state index contributed by atoms with van der Waals surface area (Å²) in [6.07, 6.45) is 3.96. The molecule has 0 saturated heterocycles. The van der Waals surface area contributed by atoms with Crippen LogP contribution in [0.4, 0.5) is 20.7 Å². The number of pyridine rings is 2. The van der Waals surface area contributed by atoms with E-state index >= 15 is 4.39 Å². The number of nitriles is 1. The van der Waals surface area contributed by atoms with Crippen LogP contribution in [0.1, 0.15) is 24.8 Å². The van der Waals surface area contributed by atoms with Gasteiger partial charge in [-0.25, -0.2) is 19.2 Å². The zero-order chi connectivity index (χ0) is 23.1. The fourth-order valence-electron chi connectivity index (χ4n) is 4.79. The van der Waals surface area contributed by atoms with Crippen molar-refractivity contribution < 1.29 is 19.0 Å². The van der Waals surface area contributed by atoms with Crippen LogP contribution in [0.3, 0.4) is 0 Å². The van der Waals surface area contributed by atoms with Gasteiger partial charge in [0.25, 0.3) is 0 Å². The van der Waals surface area contributed by atoms with Gasteiger partial charge in [-0.2, -0.15) is 5.26 Å². The van der Waals surface area contributed by atoms with Crippen LogP contribution >= 0.6 is 0 Å². The second-order valence-corrected chi connectivity index (χ2v) is 8.36. The predicted octanol–water partition coefficient (Wildman–Crippen LogP) is 4.73. The topological polar surface area (TPSA) is 111 Å². The first-order valence-corrected chi connectivity index (χ1v) is 10.9. The third-order valence-electron chi connectivity index (χ3n) is 6.46. The summed E-state index contributed by atoms with van der Waals surface area (Å²) in [4.78, 5) is 21.9. The third kappa shape index (κ3) is 3.57. The molecular weight excluding hydrogens is 425 g/mol. The standard InChI is InChI=1S/C24H22FN5O3/c1-13-18(12-29-23-22(13)27-5-6-33-23)17-7-15-9-21(28-11-16(15)8-19(17)25)30(24(31)32)20-4-2-3-14(20)10-26/h7-9,11-12,14,20,27H,2-6H2,1H3,(H,31,32)/t14-,20+/m0/s1. The number of hydrogen-bond donors (Lipinski definition) is 2. The van der Waals surface area contributed by atoms with Crippen molar-refractivity contribution in [1.82, 2.24) is 9.97 Å². The number of amides is 1. The molecule has 1 aliphatic heterocycles.